The smallest absolute Gasteiger partial charge is 0.0912 e. The van der Waals surface area contributed by atoms with Crippen LogP contribution >= 0.6 is 27.3 Å². The molecular weight excluding hydrogens is 250 g/mol. The summed E-state index contributed by atoms with van der Waals surface area (Å²) >= 11 is 5.08. The maximum atomic E-state index is 6.05. The minimum Gasteiger partial charge on any atom is -0.501 e. The monoisotopic (exact) mass is 259 g/mol. The quantitative estimate of drug-likeness (QED) is 0.887. The van der Waals surface area contributed by atoms with Gasteiger partial charge in [-0.15, -0.1) is 11.3 Å². The van der Waals surface area contributed by atoms with Crippen LogP contribution in [-0.2, 0) is 4.74 Å². The topological polar surface area (TPSA) is 35.2 Å². The summed E-state index contributed by atoms with van der Waals surface area (Å²) < 4.78 is 6.28. The average molecular weight is 260 g/mol. The summed E-state index contributed by atoms with van der Waals surface area (Å²) in [6.07, 6.45) is 2.74. The second-order valence-electron chi connectivity index (χ2n) is 2.98. The molecule has 1 aliphatic rings. The van der Waals surface area contributed by atoms with Crippen molar-refractivity contribution in [3.63, 3.8) is 0 Å². The van der Waals surface area contributed by atoms with E-state index in [1.54, 1.807) is 17.6 Å². The minimum atomic E-state index is 0.00468. The van der Waals surface area contributed by atoms with E-state index in [-0.39, 0.29) is 6.04 Å². The second kappa shape index (κ2) is 3.82. The molecule has 13 heavy (non-hydrogen) atoms. The highest BCUT2D eigenvalue weighted by molar-refractivity contribution is 9.11. The van der Waals surface area contributed by atoms with E-state index in [0.717, 1.165) is 22.4 Å². The Balaban J connectivity index is 2.16. The molecule has 1 unspecified atom stereocenters. The molecular formula is C9H10BrNOS. The van der Waals surface area contributed by atoms with Crippen LogP contribution in [0.15, 0.2) is 27.1 Å². The Labute approximate surface area is 89.5 Å². The summed E-state index contributed by atoms with van der Waals surface area (Å²) in [6.45, 7) is 0.772. The lowest BCUT2D eigenvalue weighted by Gasteiger charge is -2.08. The van der Waals surface area contributed by atoms with Gasteiger partial charge in [0.15, 0.2) is 0 Å². The van der Waals surface area contributed by atoms with Gasteiger partial charge < -0.3 is 10.5 Å². The molecule has 1 aromatic heterocycles. The molecule has 0 saturated carbocycles. The van der Waals surface area contributed by atoms with Crippen molar-refractivity contribution in [1.29, 1.82) is 0 Å². The maximum Gasteiger partial charge on any atom is 0.0912 e. The SMILES string of the molecule is NC(C1=COCC1)c1csc(Br)c1. The van der Waals surface area contributed by atoms with Gasteiger partial charge in [-0.05, 0) is 38.5 Å². The van der Waals surface area contributed by atoms with Gasteiger partial charge in [-0.1, -0.05) is 0 Å². The van der Waals surface area contributed by atoms with Crippen molar-refractivity contribution < 1.29 is 4.74 Å². The van der Waals surface area contributed by atoms with Gasteiger partial charge in [-0.3, -0.25) is 0 Å². The molecule has 1 aliphatic heterocycles. The van der Waals surface area contributed by atoms with Crippen molar-refractivity contribution in [3.05, 3.63) is 32.6 Å². The summed E-state index contributed by atoms with van der Waals surface area (Å²) in [4.78, 5) is 0. The molecule has 2 heterocycles. The minimum absolute atomic E-state index is 0.00468. The van der Waals surface area contributed by atoms with Crippen LogP contribution < -0.4 is 5.73 Å². The Hall–Kier alpha value is -0.320. The molecule has 1 atom stereocenters. The van der Waals surface area contributed by atoms with Gasteiger partial charge in [0.2, 0.25) is 0 Å². The van der Waals surface area contributed by atoms with Crippen molar-refractivity contribution >= 4 is 27.3 Å². The van der Waals surface area contributed by atoms with Crippen molar-refractivity contribution in [1.82, 2.24) is 0 Å². The average Bonchev–Trinajstić information content (AvgIpc) is 2.72. The first-order chi connectivity index (χ1) is 6.27. The highest BCUT2D eigenvalue weighted by atomic mass is 79.9. The summed E-state index contributed by atoms with van der Waals surface area (Å²) in [6, 6.07) is 2.07. The third-order valence-corrected chi connectivity index (χ3v) is 3.61. The molecule has 0 spiro atoms. The van der Waals surface area contributed by atoms with Crippen LogP contribution in [0.25, 0.3) is 0 Å². The molecule has 2 N–H and O–H groups in total. The summed E-state index contributed by atoms with van der Waals surface area (Å²) in [7, 11) is 0. The first kappa shape index (κ1) is 9.24. The van der Waals surface area contributed by atoms with Crippen molar-refractivity contribution in [2.45, 2.75) is 12.5 Å². The van der Waals surface area contributed by atoms with Crippen LogP contribution in [0.2, 0.25) is 0 Å². The van der Waals surface area contributed by atoms with Gasteiger partial charge in [0, 0.05) is 6.42 Å². The number of hydrogen-bond donors (Lipinski definition) is 1. The van der Waals surface area contributed by atoms with Gasteiger partial charge in [0.25, 0.3) is 0 Å². The molecule has 0 saturated heterocycles. The van der Waals surface area contributed by atoms with E-state index < -0.39 is 0 Å². The van der Waals surface area contributed by atoms with E-state index in [2.05, 4.69) is 27.4 Å². The van der Waals surface area contributed by atoms with E-state index in [9.17, 15) is 0 Å². The zero-order valence-corrected chi connectivity index (χ0v) is 9.40. The van der Waals surface area contributed by atoms with Crippen molar-refractivity contribution in [2.24, 2.45) is 5.73 Å². The Kier molecular flexibility index (Phi) is 2.71. The van der Waals surface area contributed by atoms with Crippen molar-refractivity contribution in [3.8, 4) is 0 Å². The molecule has 0 fully saturated rings. The maximum absolute atomic E-state index is 6.05. The highest BCUT2D eigenvalue weighted by Crippen LogP contribution is 2.30. The molecule has 0 radical (unpaired) electrons. The fourth-order valence-electron chi connectivity index (χ4n) is 1.33. The zero-order valence-electron chi connectivity index (χ0n) is 7.00. The van der Waals surface area contributed by atoms with Crippen LogP contribution in [-0.4, -0.2) is 6.61 Å². The Bertz CT molecular complexity index is 334. The third kappa shape index (κ3) is 1.95. The van der Waals surface area contributed by atoms with Crippen LogP contribution in [0.1, 0.15) is 18.0 Å². The Morgan fingerprint density at radius 3 is 3.00 bits per heavy atom. The van der Waals surface area contributed by atoms with Gasteiger partial charge in [-0.2, -0.15) is 0 Å². The molecule has 0 bridgehead atoms. The Morgan fingerprint density at radius 2 is 2.46 bits per heavy atom. The lowest BCUT2D eigenvalue weighted by atomic mass is 10.0. The Morgan fingerprint density at radius 1 is 1.62 bits per heavy atom. The number of rotatable bonds is 2. The number of halogens is 1. The van der Waals surface area contributed by atoms with Gasteiger partial charge in [0.05, 0.1) is 22.7 Å². The fourth-order valence-corrected chi connectivity index (χ4v) is 2.54. The predicted molar refractivity (Wildman–Crippen MR) is 57.6 cm³/mol. The molecule has 0 aliphatic carbocycles. The van der Waals surface area contributed by atoms with Crippen LogP contribution in [0, 0.1) is 0 Å². The number of ether oxygens (including phenoxy) is 1. The van der Waals surface area contributed by atoms with Gasteiger partial charge in [-0.25, -0.2) is 0 Å². The van der Waals surface area contributed by atoms with E-state index in [1.165, 1.54) is 5.57 Å². The normalized spacial score (nSPS) is 18.2. The first-order valence-corrected chi connectivity index (χ1v) is 5.74. The van der Waals surface area contributed by atoms with E-state index in [1.807, 2.05) is 0 Å². The number of nitrogens with two attached hydrogens (primary N) is 1. The number of thiophene rings is 1. The van der Waals surface area contributed by atoms with Crippen LogP contribution in [0.3, 0.4) is 0 Å². The van der Waals surface area contributed by atoms with Gasteiger partial charge >= 0.3 is 0 Å². The summed E-state index contributed by atoms with van der Waals surface area (Å²) in [5, 5.41) is 2.08. The molecule has 0 aromatic carbocycles. The summed E-state index contributed by atoms with van der Waals surface area (Å²) in [5.41, 5.74) is 8.40. The largest absolute Gasteiger partial charge is 0.501 e. The third-order valence-electron chi connectivity index (χ3n) is 2.09. The molecule has 4 heteroatoms. The molecule has 2 rings (SSSR count). The number of hydrogen-bond acceptors (Lipinski definition) is 3. The molecule has 2 nitrogen and oxygen atoms in total. The lowest BCUT2D eigenvalue weighted by Crippen LogP contribution is -2.11. The highest BCUT2D eigenvalue weighted by Gasteiger charge is 2.16. The summed E-state index contributed by atoms with van der Waals surface area (Å²) in [5.74, 6) is 0. The molecule has 1 aromatic rings. The van der Waals surface area contributed by atoms with Crippen molar-refractivity contribution in [2.75, 3.05) is 6.61 Å². The zero-order chi connectivity index (χ0) is 9.26. The predicted octanol–water partition coefficient (Wildman–Crippen LogP) is 2.81. The van der Waals surface area contributed by atoms with E-state index >= 15 is 0 Å². The lowest BCUT2D eigenvalue weighted by molar-refractivity contribution is 0.281. The molecule has 0 amide bonds. The first-order valence-electron chi connectivity index (χ1n) is 4.07. The fraction of sp³-hybridized carbons (Fsp3) is 0.333. The van der Waals surface area contributed by atoms with E-state index in [4.69, 9.17) is 10.5 Å². The van der Waals surface area contributed by atoms with E-state index in [0.29, 0.717) is 0 Å². The standard InChI is InChI=1S/C9H10BrNOS/c10-8-3-7(5-13-8)9(11)6-1-2-12-4-6/h3-5,9H,1-2,11H2. The van der Waals surface area contributed by atoms with Gasteiger partial charge in [0.1, 0.15) is 0 Å². The van der Waals surface area contributed by atoms with Crippen LogP contribution in [0.4, 0.5) is 0 Å². The van der Waals surface area contributed by atoms with Crippen LogP contribution in [0.5, 0.6) is 0 Å². The molecule has 70 valence electrons. The second-order valence-corrected chi connectivity index (χ2v) is 5.27.